The van der Waals surface area contributed by atoms with Gasteiger partial charge in [-0.25, -0.2) is 0 Å². The Morgan fingerprint density at radius 2 is 2.14 bits per heavy atom. The first kappa shape index (κ1) is 14.9. The van der Waals surface area contributed by atoms with Crippen molar-refractivity contribution < 1.29 is 4.74 Å². The molecule has 21 heavy (non-hydrogen) atoms. The van der Waals surface area contributed by atoms with Gasteiger partial charge in [-0.15, -0.1) is 11.8 Å². The summed E-state index contributed by atoms with van der Waals surface area (Å²) in [4.78, 5) is 1.40. The van der Waals surface area contributed by atoms with Gasteiger partial charge in [0, 0.05) is 16.7 Å². The molecule has 1 unspecified atom stereocenters. The molecule has 0 spiro atoms. The maximum absolute atomic E-state index is 6.00. The third-order valence-corrected chi connectivity index (χ3v) is 5.42. The summed E-state index contributed by atoms with van der Waals surface area (Å²) in [5, 5.41) is 3.66. The van der Waals surface area contributed by atoms with Gasteiger partial charge in [0.2, 0.25) is 0 Å². The molecule has 0 aliphatic carbocycles. The molecule has 1 aliphatic rings. The topological polar surface area (TPSA) is 21.3 Å². The molecule has 0 radical (unpaired) electrons. The number of benzene rings is 2. The minimum absolute atomic E-state index is 0.506. The lowest BCUT2D eigenvalue weighted by Crippen LogP contribution is -2.13. The van der Waals surface area contributed by atoms with Crippen molar-refractivity contribution in [2.75, 3.05) is 13.7 Å². The Bertz CT molecular complexity index is 607. The van der Waals surface area contributed by atoms with E-state index in [1.54, 1.807) is 0 Å². The molecule has 1 atom stereocenters. The molecule has 0 fully saturated rings. The summed E-state index contributed by atoms with van der Waals surface area (Å²) < 4.78 is 7.02. The second-order valence-electron chi connectivity index (χ2n) is 5.16. The molecule has 1 heterocycles. The smallest absolute Gasteiger partial charge is 0.133 e. The van der Waals surface area contributed by atoms with E-state index < -0.39 is 0 Å². The van der Waals surface area contributed by atoms with Crippen molar-refractivity contribution in [3.05, 3.63) is 58.1 Å². The number of thioether (sulfide) groups is 1. The molecule has 1 N–H and O–H groups in total. The van der Waals surface area contributed by atoms with Crippen LogP contribution >= 0.6 is 27.7 Å². The number of ether oxygens (including phenoxy) is 1. The van der Waals surface area contributed by atoms with Crippen LogP contribution in [0.3, 0.4) is 0 Å². The fraction of sp³-hybridized carbons (Fsp3) is 0.294. The number of fused-ring (bicyclic) bond motifs is 1. The SMILES string of the molecule is CNCc1ccc(OCC2Cc3ccccc3S2)c(Br)c1. The Morgan fingerprint density at radius 3 is 2.90 bits per heavy atom. The average molecular weight is 364 g/mol. The lowest BCUT2D eigenvalue weighted by molar-refractivity contribution is 0.315. The fourth-order valence-corrected chi connectivity index (χ4v) is 4.26. The highest BCUT2D eigenvalue weighted by Crippen LogP contribution is 2.37. The highest BCUT2D eigenvalue weighted by molar-refractivity contribution is 9.10. The van der Waals surface area contributed by atoms with Crippen LogP contribution in [0.1, 0.15) is 11.1 Å². The Labute approximate surface area is 138 Å². The van der Waals surface area contributed by atoms with Gasteiger partial charge in [0.15, 0.2) is 0 Å². The van der Waals surface area contributed by atoms with E-state index in [1.165, 1.54) is 16.0 Å². The van der Waals surface area contributed by atoms with E-state index in [0.29, 0.717) is 5.25 Å². The molecule has 2 aromatic rings. The van der Waals surface area contributed by atoms with Crippen LogP contribution in [0.2, 0.25) is 0 Å². The summed E-state index contributed by atoms with van der Waals surface area (Å²) in [7, 11) is 1.95. The van der Waals surface area contributed by atoms with Crippen molar-refractivity contribution in [3.63, 3.8) is 0 Å². The molecule has 2 nitrogen and oxygen atoms in total. The Kier molecular flexibility index (Phi) is 4.88. The van der Waals surface area contributed by atoms with E-state index in [-0.39, 0.29) is 0 Å². The van der Waals surface area contributed by atoms with Gasteiger partial charge < -0.3 is 10.1 Å². The largest absolute Gasteiger partial charge is 0.491 e. The summed E-state index contributed by atoms with van der Waals surface area (Å²) >= 11 is 5.52. The molecule has 0 saturated heterocycles. The van der Waals surface area contributed by atoms with Crippen molar-refractivity contribution in [1.29, 1.82) is 0 Å². The molecule has 3 rings (SSSR count). The molecule has 0 bridgehead atoms. The molecule has 0 saturated carbocycles. The summed E-state index contributed by atoms with van der Waals surface area (Å²) in [6.45, 7) is 1.61. The van der Waals surface area contributed by atoms with Gasteiger partial charge >= 0.3 is 0 Å². The quantitative estimate of drug-likeness (QED) is 0.857. The highest BCUT2D eigenvalue weighted by Gasteiger charge is 2.22. The van der Waals surface area contributed by atoms with Gasteiger partial charge in [-0.2, -0.15) is 0 Å². The standard InChI is InChI=1S/C17H18BrNOS/c1-19-10-12-6-7-16(15(18)8-12)20-11-14-9-13-4-2-3-5-17(13)21-14/h2-8,14,19H,9-11H2,1H3. The van der Waals surface area contributed by atoms with Crippen LogP contribution < -0.4 is 10.1 Å². The van der Waals surface area contributed by atoms with Crippen LogP contribution in [0.25, 0.3) is 0 Å². The summed E-state index contributed by atoms with van der Waals surface area (Å²) in [6, 6.07) is 14.9. The molecular weight excluding hydrogens is 346 g/mol. The zero-order valence-electron chi connectivity index (χ0n) is 11.9. The number of rotatable bonds is 5. The first-order chi connectivity index (χ1) is 10.3. The van der Waals surface area contributed by atoms with Crippen LogP contribution in [0.5, 0.6) is 5.75 Å². The van der Waals surface area contributed by atoms with Gasteiger partial charge in [0.25, 0.3) is 0 Å². The van der Waals surface area contributed by atoms with Crippen molar-refractivity contribution >= 4 is 27.7 Å². The molecule has 4 heteroatoms. The number of halogens is 1. The first-order valence-electron chi connectivity index (χ1n) is 7.06. The van der Waals surface area contributed by atoms with E-state index in [1.807, 2.05) is 24.9 Å². The van der Waals surface area contributed by atoms with Crippen LogP contribution in [0.15, 0.2) is 51.8 Å². The van der Waals surface area contributed by atoms with E-state index in [0.717, 1.165) is 29.8 Å². The molecule has 0 aromatic heterocycles. The zero-order valence-corrected chi connectivity index (χ0v) is 14.3. The predicted molar refractivity (Wildman–Crippen MR) is 92.2 cm³/mol. The van der Waals surface area contributed by atoms with Crippen LogP contribution in [-0.4, -0.2) is 18.9 Å². The van der Waals surface area contributed by atoms with Crippen LogP contribution in [0.4, 0.5) is 0 Å². The van der Waals surface area contributed by atoms with E-state index >= 15 is 0 Å². The normalized spacial score (nSPS) is 16.8. The van der Waals surface area contributed by atoms with Crippen LogP contribution in [-0.2, 0) is 13.0 Å². The van der Waals surface area contributed by atoms with Gasteiger partial charge in [-0.1, -0.05) is 24.3 Å². The number of hydrogen-bond donors (Lipinski definition) is 1. The maximum atomic E-state index is 6.00. The second-order valence-corrected chi connectivity index (χ2v) is 7.35. The fourth-order valence-electron chi connectivity index (χ4n) is 2.51. The Balaban J connectivity index is 1.59. The molecule has 110 valence electrons. The lowest BCUT2D eigenvalue weighted by Gasteiger charge is -2.13. The number of hydrogen-bond acceptors (Lipinski definition) is 3. The van der Waals surface area contributed by atoms with E-state index in [9.17, 15) is 0 Å². The Hall–Kier alpha value is -0.970. The highest BCUT2D eigenvalue weighted by atomic mass is 79.9. The van der Waals surface area contributed by atoms with Gasteiger partial charge in [0.1, 0.15) is 12.4 Å². The summed E-state index contributed by atoms with van der Waals surface area (Å²) in [5.41, 5.74) is 2.69. The predicted octanol–water partition coefficient (Wildman–Crippen LogP) is 4.26. The number of nitrogens with one attached hydrogen (secondary N) is 1. The minimum Gasteiger partial charge on any atom is -0.491 e. The van der Waals surface area contributed by atoms with Crippen molar-refractivity contribution in [1.82, 2.24) is 5.32 Å². The minimum atomic E-state index is 0.506. The van der Waals surface area contributed by atoms with E-state index in [4.69, 9.17) is 4.74 Å². The van der Waals surface area contributed by atoms with Gasteiger partial charge in [-0.05, 0) is 58.7 Å². The van der Waals surface area contributed by atoms with E-state index in [2.05, 4.69) is 57.6 Å². The molecule has 1 aliphatic heterocycles. The van der Waals surface area contributed by atoms with Crippen LogP contribution in [0, 0.1) is 0 Å². The summed E-state index contributed by atoms with van der Waals surface area (Å²) in [5.74, 6) is 0.923. The van der Waals surface area contributed by atoms with Gasteiger partial charge in [-0.3, -0.25) is 0 Å². The monoisotopic (exact) mass is 363 g/mol. The molecule has 0 amide bonds. The van der Waals surface area contributed by atoms with Gasteiger partial charge in [0.05, 0.1) is 4.47 Å². The van der Waals surface area contributed by atoms with Crippen molar-refractivity contribution in [2.45, 2.75) is 23.1 Å². The Morgan fingerprint density at radius 1 is 1.29 bits per heavy atom. The van der Waals surface area contributed by atoms with Crippen molar-refractivity contribution in [2.24, 2.45) is 0 Å². The van der Waals surface area contributed by atoms with Crippen molar-refractivity contribution in [3.8, 4) is 5.75 Å². The first-order valence-corrected chi connectivity index (χ1v) is 8.74. The average Bonchev–Trinajstić information content (AvgIpc) is 2.89. The summed E-state index contributed by atoms with van der Waals surface area (Å²) in [6.07, 6.45) is 1.09. The zero-order chi connectivity index (χ0) is 14.7. The second kappa shape index (κ2) is 6.86. The third kappa shape index (κ3) is 3.62. The maximum Gasteiger partial charge on any atom is 0.133 e. The lowest BCUT2D eigenvalue weighted by atomic mass is 10.1. The molecule has 2 aromatic carbocycles. The third-order valence-electron chi connectivity index (χ3n) is 3.52. The molecular formula is C17H18BrNOS.